The molecule has 0 heterocycles. The molecule has 0 aliphatic carbocycles. The quantitative estimate of drug-likeness (QED) is 0.804. The maximum atomic E-state index is 13.2. The Balaban J connectivity index is 2.55. The van der Waals surface area contributed by atoms with Crippen molar-refractivity contribution >= 4 is 28.6 Å². The highest BCUT2D eigenvalue weighted by Crippen LogP contribution is 2.43. The summed E-state index contributed by atoms with van der Waals surface area (Å²) < 4.78 is 24.8. The molecular weight excluding hydrogens is 263 g/mol. The fraction of sp³-hybridized carbons (Fsp3) is 0.143. The first kappa shape index (κ1) is 13.3. The summed E-state index contributed by atoms with van der Waals surface area (Å²) in [5.41, 5.74) is 0.195. The Morgan fingerprint density at radius 1 is 0.889 bits per heavy atom. The van der Waals surface area contributed by atoms with Crippen molar-refractivity contribution in [1.82, 2.24) is 0 Å². The third-order valence-electron chi connectivity index (χ3n) is 2.71. The monoisotopic (exact) mass is 278 g/mol. The molecule has 1 unspecified atom stereocenters. The molecule has 0 saturated heterocycles. The lowest BCUT2D eigenvalue weighted by Gasteiger charge is -2.17. The molecule has 2 aromatic carbocycles. The summed E-state index contributed by atoms with van der Waals surface area (Å²) in [6.07, 6.45) is 1.60. The molecule has 0 N–H and O–H groups in total. The van der Waals surface area contributed by atoms with Crippen molar-refractivity contribution < 1.29 is 8.77 Å². The second-order valence-electron chi connectivity index (χ2n) is 4.11. The molecule has 94 valence electrons. The molecule has 0 bridgehead atoms. The SMILES string of the molecule is CS(=O)CP(=O)(c1ccccc1)c1ccccc1. The Morgan fingerprint density at radius 2 is 1.28 bits per heavy atom. The molecule has 1 atom stereocenters. The van der Waals surface area contributed by atoms with E-state index in [4.69, 9.17) is 0 Å². The van der Waals surface area contributed by atoms with Gasteiger partial charge in [-0.3, -0.25) is 4.21 Å². The Kier molecular flexibility index (Phi) is 4.15. The van der Waals surface area contributed by atoms with Crippen molar-refractivity contribution in [2.24, 2.45) is 0 Å². The first-order valence-corrected chi connectivity index (χ1v) is 9.25. The molecule has 18 heavy (non-hydrogen) atoms. The van der Waals surface area contributed by atoms with Crippen LogP contribution in [-0.2, 0) is 15.4 Å². The van der Waals surface area contributed by atoms with Gasteiger partial charge in [-0.25, -0.2) is 0 Å². The maximum absolute atomic E-state index is 13.2. The van der Waals surface area contributed by atoms with Gasteiger partial charge in [-0.15, -0.1) is 0 Å². The minimum absolute atomic E-state index is 0.195. The Bertz CT molecular complexity index is 538. The van der Waals surface area contributed by atoms with Crippen LogP contribution >= 0.6 is 7.14 Å². The van der Waals surface area contributed by atoms with E-state index < -0.39 is 17.9 Å². The van der Waals surface area contributed by atoms with Crippen LogP contribution in [0.15, 0.2) is 60.7 Å². The van der Waals surface area contributed by atoms with E-state index in [9.17, 15) is 8.77 Å². The number of hydrogen-bond donors (Lipinski definition) is 0. The van der Waals surface area contributed by atoms with Gasteiger partial charge in [-0.1, -0.05) is 60.7 Å². The van der Waals surface area contributed by atoms with Crippen LogP contribution in [0.3, 0.4) is 0 Å². The molecule has 2 rings (SSSR count). The fourth-order valence-corrected chi connectivity index (χ4v) is 6.74. The standard InChI is InChI=1S/C14H15O2PS/c1-18(16)12-17(15,13-8-4-2-5-9-13)14-10-6-3-7-11-14/h2-11H,12H2,1H3. The molecular formula is C14H15O2PS. The van der Waals surface area contributed by atoms with Crippen molar-refractivity contribution in [2.45, 2.75) is 0 Å². The molecule has 2 aromatic rings. The first-order chi connectivity index (χ1) is 8.63. The zero-order valence-corrected chi connectivity index (χ0v) is 11.9. The van der Waals surface area contributed by atoms with Crippen molar-refractivity contribution in [1.29, 1.82) is 0 Å². The molecule has 0 amide bonds. The molecule has 0 fully saturated rings. The summed E-state index contributed by atoms with van der Waals surface area (Å²) >= 11 is 0. The lowest BCUT2D eigenvalue weighted by Crippen LogP contribution is -2.19. The summed E-state index contributed by atoms with van der Waals surface area (Å²) in [4.78, 5) is 0. The van der Waals surface area contributed by atoms with Crippen LogP contribution in [0.4, 0.5) is 0 Å². The van der Waals surface area contributed by atoms with Gasteiger partial charge in [-0.05, 0) is 0 Å². The molecule has 0 aliphatic heterocycles. The molecule has 0 aromatic heterocycles. The maximum Gasteiger partial charge on any atom is 0.155 e. The van der Waals surface area contributed by atoms with Crippen LogP contribution in [0.25, 0.3) is 0 Å². The minimum atomic E-state index is -2.78. The summed E-state index contributed by atoms with van der Waals surface area (Å²) in [5, 5.41) is 1.54. The van der Waals surface area contributed by atoms with Crippen LogP contribution < -0.4 is 10.6 Å². The Morgan fingerprint density at radius 3 is 1.61 bits per heavy atom. The zero-order chi connectivity index (χ0) is 13.0. The van der Waals surface area contributed by atoms with E-state index in [0.29, 0.717) is 0 Å². The van der Waals surface area contributed by atoms with E-state index in [1.54, 1.807) is 6.26 Å². The van der Waals surface area contributed by atoms with Gasteiger partial charge in [0.05, 0.1) is 5.49 Å². The number of hydrogen-bond acceptors (Lipinski definition) is 2. The Hall–Kier alpha value is -1.18. The largest absolute Gasteiger partial charge is 0.313 e. The van der Waals surface area contributed by atoms with Gasteiger partial charge in [-0.2, -0.15) is 0 Å². The summed E-state index contributed by atoms with van der Waals surface area (Å²) in [6.45, 7) is 0. The van der Waals surface area contributed by atoms with Gasteiger partial charge in [0.1, 0.15) is 0 Å². The van der Waals surface area contributed by atoms with Gasteiger partial charge >= 0.3 is 0 Å². The molecule has 0 aliphatic rings. The number of rotatable bonds is 4. The minimum Gasteiger partial charge on any atom is -0.313 e. The summed E-state index contributed by atoms with van der Waals surface area (Å²) in [5.74, 6) is 0. The molecule has 0 radical (unpaired) electrons. The average Bonchev–Trinajstić information content (AvgIpc) is 2.40. The first-order valence-electron chi connectivity index (χ1n) is 5.63. The predicted octanol–water partition coefficient (Wildman–Crippen LogP) is 2.34. The third-order valence-corrected chi connectivity index (χ3v) is 7.88. The summed E-state index contributed by atoms with van der Waals surface area (Å²) in [7, 11) is -3.88. The zero-order valence-electron chi connectivity index (χ0n) is 10.2. The van der Waals surface area contributed by atoms with Crippen LogP contribution in [0.5, 0.6) is 0 Å². The van der Waals surface area contributed by atoms with Gasteiger partial charge in [0.25, 0.3) is 0 Å². The molecule has 2 nitrogen and oxygen atoms in total. The van der Waals surface area contributed by atoms with Crippen molar-refractivity contribution in [2.75, 3.05) is 11.7 Å². The summed E-state index contributed by atoms with van der Waals surface area (Å²) in [6, 6.07) is 18.6. The van der Waals surface area contributed by atoms with Crippen LogP contribution in [0.2, 0.25) is 0 Å². The van der Waals surface area contributed by atoms with Crippen LogP contribution in [0.1, 0.15) is 0 Å². The highest BCUT2D eigenvalue weighted by molar-refractivity contribution is 7.97. The second kappa shape index (κ2) is 5.64. The van der Waals surface area contributed by atoms with Crippen LogP contribution in [-0.4, -0.2) is 16.0 Å². The second-order valence-corrected chi connectivity index (χ2v) is 8.80. The highest BCUT2D eigenvalue weighted by atomic mass is 32.2. The van der Waals surface area contributed by atoms with E-state index in [1.165, 1.54) is 0 Å². The van der Waals surface area contributed by atoms with Crippen molar-refractivity contribution in [3.05, 3.63) is 60.7 Å². The topological polar surface area (TPSA) is 34.1 Å². The van der Waals surface area contributed by atoms with Crippen molar-refractivity contribution in [3.63, 3.8) is 0 Å². The molecule has 0 saturated carbocycles. The number of benzene rings is 2. The molecule has 4 heteroatoms. The van der Waals surface area contributed by atoms with Crippen LogP contribution in [0, 0.1) is 0 Å². The van der Waals surface area contributed by atoms with E-state index >= 15 is 0 Å². The van der Waals surface area contributed by atoms with Crippen molar-refractivity contribution in [3.8, 4) is 0 Å². The van der Waals surface area contributed by atoms with E-state index in [1.807, 2.05) is 60.7 Å². The predicted molar refractivity (Wildman–Crippen MR) is 78.7 cm³/mol. The average molecular weight is 278 g/mol. The van der Waals surface area contributed by atoms with E-state index in [2.05, 4.69) is 0 Å². The fourth-order valence-electron chi connectivity index (χ4n) is 1.89. The van der Waals surface area contributed by atoms with Gasteiger partial charge < -0.3 is 4.57 Å². The van der Waals surface area contributed by atoms with E-state index in [-0.39, 0.29) is 5.49 Å². The third kappa shape index (κ3) is 2.80. The molecule has 0 spiro atoms. The smallest absolute Gasteiger partial charge is 0.155 e. The van der Waals surface area contributed by atoms with Gasteiger partial charge in [0.15, 0.2) is 7.14 Å². The Labute approximate surface area is 110 Å². The lowest BCUT2D eigenvalue weighted by molar-refractivity contribution is 0.589. The highest BCUT2D eigenvalue weighted by Gasteiger charge is 2.28. The normalized spacial score (nSPS) is 13.2. The van der Waals surface area contributed by atoms with Gasteiger partial charge in [0.2, 0.25) is 0 Å². The van der Waals surface area contributed by atoms with Gasteiger partial charge in [0, 0.05) is 27.7 Å². The van der Waals surface area contributed by atoms with E-state index in [0.717, 1.165) is 10.6 Å². The lowest BCUT2D eigenvalue weighted by atomic mass is 10.4.